The summed E-state index contributed by atoms with van der Waals surface area (Å²) in [5.74, 6) is 1.76. The molecule has 1 aromatic heterocycles. The van der Waals surface area contributed by atoms with E-state index in [9.17, 15) is 9.90 Å². The number of fused-ring (bicyclic) bond motifs is 1. The van der Waals surface area contributed by atoms with E-state index in [1.54, 1.807) is 0 Å². The molecule has 2 saturated heterocycles. The highest BCUT2D eigenvalue weighted by molar-refractivity contribution is 5.97. The van der Waals surface area contributed by atoms with Gasteiger partial charge < -0.3 is 19.2 Å². The van der Waals surface area contributed by atoms with E-state index >= 15 is 0 Å². The van der Waals surface area contributed by atoms with Crippen LogP contribution >= 0.6 is 0 Å². The molecule has 0 radical (unpaired) electrons. The second-order valence-electron chi connectivity index (χ2n) is 7.73. The zero-order valence-corrected chi connectivity index (χ0v) is 15.1. The van der Waals surface area contributed by atoms with Gasteiger partial charge in [0.2, 0.25) is 0 Å². The molecule has 0 unspecified atom stereocenters. The molecule has 1 N–H and O–H groups in total. The van der Waals surface area contributed by atoms with Crippen molar-refractivity contribution >= 4 is 5.91 Å². The van der Waals surface area contributed by atoms with Gasteiger partial charge in [0.25, 0.3) is 5.91 Å². The molecule has 25 heavy (non-hydrogen) atoms. The third-order valence-electron chi connectivity index (χ3n) is 5.80. The Morgan fingerprint density at radius 3 is 2.76 bits per heavy atom. The van der Waals surface area contributed by atoms with Gasteiger partial charge in [-0.2, -0.15) is 0 Å². The van der Waals surface area contributed by atoms with Crippen LogP contribution in [0.2, 0.25) is 0 Å². The van der Waals surface area contributed by atoms with E-state index < -0.39 is 5.60 Å². The Kier molecular flexibility index (Phi) is 4.60. The molecule has 1 aromatic rings. The van der Waals surface area contributed by atoms with Crippen LogP contribution in [-0.2, 0) is 17.6 Å². The monoisotopic (exact) mass is 348 g/mol. The first-order chi connectivity index (χ1) is 12.1. The molecule has 3 aliphatic rings. The van der Waals surface area contributed by atoms with E-state index in [1.165, 1.54) is 0 Å². The lowest BCUT2D eigenvalue weighted by Crippen LogP contribution is -2.49. The highest BCUT2D eigenvalue weighted by Crippen LogP contribution is 2.32. The third-order valence-corrected chi connectivity index (χ3v) is 5.80. The zero-order chi connectivity index (χ0) is 17.4. The third kappa shape index (κ3) is 3.35. The molecule has 3 heterocycles. The van der Waals surface area contributed by atoms with Gasteiger partial charge >= 0.3 is 0 Å². The van der Waals surface area contributed by atoms with Crippen molar-refractivity contribution in [2.45, 2.75) is 44.6 Å². The Balaban J connectivity index is 1.46. The summed E-state index contributed by atoms with van der Waals surface area (Å²) in [6.07, 6.45) is 4.75. The predicted octanol–water partition coefficient (Wildman–Crippen LogP) is 1.38. The molecule has 4 rings (SSSR count). The molecule has 0 aromatic carbocycles. The molecule has 0 saturated carbocycles. The average molecular weight is 348 g/mol. The van der Waals surface area contributed by atoms with Crippen LogP contribution in [0.1, 0.15) is 46.7 Å². The van der Waals surface area contributed by atoms with Crippen molar-refractivity contribution in [3.8, 4) is 0 Å². The Labute approximate surface area is 148 Å². The number of likely N-dealkylation sites (tertiary alicyclic amines) is 1. The number of hydrogen-bond donors (Lipinski definition) is 1. The summed E-state index contributed by atoms with van der Waals surface area (Å²) < 4.78 is 11.2. The molecular weight excluding hydrogens is 320 g/mol. The van der Waals surface area contributed by atoms with Crippen LogP contribution in [0.4, 0.5) is 0 Å². The lowest BCUT2D eigenvalue weighted by molar-refractivity contribution is -0.0257. The highest BCUT2D eigenvalue weighted by atomic mass is 16.5. The first-order valence-electron chi connectivity index (χ1n) is 9.49. The number of morpholine rings is 1. The molecule has 0 bridgehead atoms. The van der Waals surface area contributed by atoms with Gasteiger partial charge in [0, 0.05) is 38.2 Å². The van der Waals surface area contributed by atoms with Crippen molar-refractivity contribution in [2.24, 2.45) is 0 Å². The summed E-state index contributed by atoms with van der Waals surface area (Å²) >= 11 is 0. The van der Waals surface area contributed by atoms with Gasteiger partial charge in [0.05, 0.1) is 30.9 Å². The molecule has 1 aliphatic carbocycles. The summed E-state index contributed by atoms with van der Waals surface area (Å²) in [5.41, 5.74) is 1.05. The fraction of sp³-hybridized carbons (Fsp3) is 0.737. The lowest BCUT2D eigenvalue weighted by atomic mass is 9.94. The summed E-state index contributed by atoms with van der Waals surface area (Å²) in [7, 11) is 0. The Hall–Kier alpha value is -1.37. The number of aliphatic hydroxyl groups is 1. The van der Waals surface area contributed by atoms with Crippen molar-refractivity contribution in [3.05, 3.63) is 22.6 Å². The van der Waals surface area contributed by atoms with Crippen molar-refractivity contribution in [3.63, 3.8) is 0 Å². The van der Waals surface area contributed by atoms with Gasteiger partial charge in [0.1, 0.15) is 11.5 Å². The van der Waals surface area contributed by atoms with E-state index in [0.717, 1.165) is 74.6 Å². The van der Waals surface area contributed by atoms with Crippen LogP contribution in [0.15, 0.2) is 4.42 Å². The molecule has 2 fully saturated rings. The van der Waals surface area contributed by atoms with Gasteiger partial charge in [-0.3, -0.25) is 9.69 Å². The van der Waals surface area contributed by atoms with Crippen LogP contribution in [-0.4, -0.2) is 72.4 Å². The van der Waals surface area contributed by atoms with Gasteiger partial charge in [-0.05, 0) is 32.6 Å². The number of nitrogens with zero attached hydrogens (tertiary/aromatic N) is 2. The summed E-state index contributed by atoms with van der Waals surface area (Å²) in [6, 6.07) is 0. The number of carbonyl (C=O) groups excluding carboxylic acids is 1. The smallest absolute Gasteiger partial charge is 0.257 e. The number of carbonyl (C=O) groups is 1. The Morgan fingerprint density at radius 1 is 1.20 bits per heavy atom. The largest absolute Gasteiger partial charge is 0.465 e. The number of hydrogen-bond acceptors (Lipinski definition) is 5. The molecule has 138 valence electrons. The number of ether oxygens (including phenoxy) is 1. The Bertz CT molecular complexity index is 650. The van der Waals surface area contributed by atoms with Crippen LogP contribution in [0.3, 0.4) is 0 Å². The molecule has 1 amide bonds. The van der Waals surface area contributed by atoms with E-state index in [1.807, 2.05) is 11.8 Å². The van der Waals surface area contributed by atoms with Gasteiger partial charge in [0.15, 0.2) is 0 Å². The minimum Gasteiger partial charge on any atom is -0.465 e. The summed E-state index contributed by atoms with van der Waals surface area (Å²) in [4.78, 5) is 17.2. The van der Waals surface area contributed by atoms with Gasteiger partial charge in [-0.25, -0.2) is 0 Å². The maximum Gasteiger partial charge on any atom is 0.257 e. The first kappa shape index (κ1) is 17.1. The number of aryl methyl sites for hydroxylation is 2. The standard InChI is InChI=1S/C19H28N2O4/c1-14-17(15-4-2-3-5-16(15)25-14)18(22)21-7-6-19(23,13-21)12-20-8-10-24-11-9-20/h23H,2-13H2,1H3/t19-/m1/s1. The lowest BCUT2D eigenvalue weighted by Gasteiger charge is -2.33. The Morgan fingerprint density at radius 2 is 1.96 bits per heavy atom. The molecule has 0 spiro atoms. The normalized spacial score (nSPS) is 27.5. The fourth-order valence-corrected chi connectivity index (χ4v) is 4.48. The first-order valence-corrected chi connectivity index (χ1v) is 9.49. The van der Waals surface area contributed by atoms with Crippen molar-refractivity contribution in [1.82, 2.24) is 9.80 Å². The number of β-amino-alcohol motifs (C(OH)–C–C–N with tert-alkyl or cyclic N) is 1. The topological polar surface area (TPSA) is 66.2 Å². The maximum atomic E-state index is 13.1. The minimum absolute atomic E-state index is 0.0299. The van der Waals surface area contributed by atoms with E-state index in [-0.39, 0.29) is 5.91 Å². The van der Waals surface area contributed by atoms with Crippen LogP contribution in [0.5, 0.6) is 0 Å². The van der Waals surface area contributed by atoms with Crippen LogP contribution < -0.4 is 0 Å². The van der Waals surface area contributed by atoms with Crippen LogP contribution in [0.25, 0.3) is 0 Å². The summed E-state index contributed by atoms with van der Waals surface area (Å²) in [5, 5.41) is 11.0. The second-order valence-corrected chi connectivity index (χ2v) is 7.73. The predicted molar refractivity (Wildman–Crippen MR) is 92.8 cm³/mol. The second kappa shape index (κ2) is 6.74. The van der Waals surface area contributed by atoms with E-state index in [0.29, 0.717) is 26.1 Å². The highest BCUT2D eigenvalue weighted by Gasteiger charge is 2.41. The number of furan rings is 1. The molecular formula is C19H28N2O4. The van der Waals surface area contributed by atoms with Crippen molar-refractivity contribution in [2.75, 3.05) is 45.9 Å². The molecule has 1 atom stereocenters. The van der Waals surface area contributed by atoms with Gasteiger partial charge in [-0.15, -0.1) is 0 Å². The van der Waals surface area contributed by atoms with Crippen molar-refractivity contribution in [1.29, 1.82) is 0 Å². The minimum atomic E-state index is -0.815. The number of amides is 1. The quantitative estimate of drug-likeness (QED) is 0.894. The molecule has 6 heteroatoms. The number of rotatable bonds is 3. The summed E-state index contributed by atoms with van der Waals surface area (Å²) in [6.45, 7) is 6.67. The molecule has 6 nitrogen and oxygen atoms in total. The van der Waals surface area contributed by atoms with E-state index in [4.69, 9.17) is 9.15 Å². The van der Waals surface area contributed by atoms with E-state index in [2.05, 4.69) is 4.90 Å². The van der Waals surface area contributed by atoms with Crippen molar-refractivity contribution < 1.29 is 19.1 Å². The van der Waals surface area contributed by atoms with Crippen LogP contribution in [0, 0.1) is 6.92 Å². The SMILES string of the molecule is Cc1oc2c(c1C(=O)N1CC[C@@](O)(CN3CCOCC3)C1)CCCC2. The maximum absolute atomic E-state index is 13.1. The fourth-order valence-electron chi connectivity index (χ4n) is 4.48. The zero-order valence-electron chi connectivity index (χ0n) is 15.1. The van der Waals surface area contributed by atoms with Gasteiger partial charge in [-0.1, -0.05) is 0 Å². The average Bonchev–Trinajstić information content (AvgIpc) is 3.15. The molecule has 2 aliphatic heterocycles.